The third-order valence-corrected chi connectivity index (χ3v) is 2.73. The molecule has 8 heteroatoms. The highest BCUT2D eigenvalue weighted by atomic mass is 35.5. The van der Waals surface area contributed by atoms with Gasteiger partial charge in [-0.3, -0.25) is 19.3 Å². The minimum absolute atomic E-state index is 0.0254. The number of aromatic nitrogens is 3. The van der Waals surface area contributed by atoms with Gasteiger partial charge in [-0.25, -0.2) is 0 Å². The highest BCUT2D eigenvalue weighted by Crippen LogP contribution is 2.15. The molecule has 2 heterocycles. The van der Waals surface area contributed by atoms with Gasteiger partial charge in [-0.1, -0.05) is 11.6 Å². The van der Waals surface area contributed by atoms with Crippen molar-refractivity contribution < 1.29 is 14.3 Å². The largest absolute Gasteiger partial charge is 0.468 e. The van der Waals surface area contributed by atoms with Gasteiger partial charge in [-0.15, -0.1) is 0 Å². The predicted octanol–water partition coefficient (Wildman–Crippen LogP) is 1.36. The highest BCUT2D eigenvalue weighted by molar-refractivity contribution is 6.34. The first-order valence-electron chi connectivity index (χ1n) is 5.60. The lowest BCUT2D eigenvalue weighted by Gasteiger charge is -2.03. The van der Waals surface area contributed by atoms with Crippen molar-refractivity contribution in [1.82, 2.24) is 14.8 Å². The van der Waals surface area contributed by atoms with Gasteiger partial charge in [0.2, 0.25) is 0 Å². The smallest absolute Gasteiger partial charge is 0.327 e. The number of nitrogens with zero attached hydrogens (tertiary/aromatic N) is 3. The van der Waals surface area contributed by atoms with E-state index in [1.807, 2.05) is 0 Å². The Balaban J connectivity index is 2.05. The predicted molar refractivity (Wildman–Crippen MR) is 71.4 cm³/mol. The third kappa shape index (κ3) is 3.33. The lowest BCUT2D eigenvalue weighted by atomic mass is 10.2. The topological polar surface area (TPSA) is 86.1 Å². The van der Waals surface area contributed by atoms with Crippen LogP contribution in [0.2, 0.25) is 5.02 Å². The molecule has 1 N–H and O–H groups in total. The first-order chi connectivity index (χ1) is 9.60. The summed E-state index contributed by atoms with van der Waals surface area (Å²) in [4.78, 5) is 26.9. The molecule has 0 bridgehead atoms. The number of anilines is 1. The third-order valence-electron chi connectivity index (χ3n) is 2.43. The molecule has 1 amide bonds. The van der Waals surface area contributed by atoms with E-state index in [9.17, 15) is 9.59 Å². The van der Waals surface area contributed by atoms with Crippen molar-refractivity contribution in [2.75, 3.05) is 12.4 Å². The molecule has 0 aliphatic heterocycles. The van der Waals surface area contributed by atoms with E-state index in [4.69, 9.17) is 11.6 Å². The molecule has 20 heavy (non-hydrogen) atoms. The quantitative estimate of drug-likeness (QED) is 0.860. The molecule has 0 aliphatic carbocycles. The van der Waals surface area contributed by atoms with Crippen molar-refractivity contribution in [3.63, 3.8) is 0 Å². The summed E-state index contributed by atoms with van der Waals surface area (Å²) in [5.41, 5.74) is 0.758. The summed E-state index contributed by atoms with van der Waals surface area (Å²) in [6.45, 7) is -0.0254. The summed E-state index contributed by atoms with van der Waals surface area (Å²) in [7, 11) is 1.29. The zero-order valence-corrected chi connectivity index (χ0v) is 11.3. The molecule has 0 spiro atoms. The second-order valence-corrected chi connectivity index (χ2v) is 4.22. The number of carbonyl (C=O) groups excluding carboxylic acids is 2. The van der Waals surface area contributed by atoms with Crippen LogP contribution in [-0.4, -0.2) is 33.8 Å². The SMILES string of the molecule is COC(=O)Cn1cc(NC(=O)c2ccncc2Cl)cn1. The molecule has 2 aromatic rings. The van der Waals surface area contributed by atoms with Crippen molar-refractivity contribution in [2.45, 2.75) is 6.54 Å². The van der Waals surface area contributed by atoms with Crippen molar-refractivity contribution in [2.24, 2.45) is 0 Å². The van der Waals surface area contributed by atoms with Crippen LogP contribution in [0.15, 0.2) is 30.9 Å². The molecule has 2 rings (SSSR count). The van der Waals surface area contributed by atoms with Crippen molar-refractivity contribution in [3.05, 3.63) is 41.4 Å². The second kappa shape index (κ2) is 6.16. The number of hydrogen-bond acceptors (Lipinski definition) is 5. The minimum Gasteiger partial charge on any atom is -0.468 e. The molecule has 0 unspecified atom stereocenters. The lowest BCUT2D eigenvalue weighted by Crippen LogP contribution is -2.13. The number of esters is 1. The molecule has 104 valence electrons. The van der Waals surface area contributed by atoms with Crippen LogP contribution in [0, 0.1) is 0 Å². The van der Waals surface area contributed by atoms with Gasteiger partial charge in [0.15, 0.2) is 0 Å². The van der Waals surface area contributed by atoms with Crippen molar-refractivity contribution in [1.29, 1.82) is 0 Å². The fraction of sp³-hybridized carbons (Fsp3) is 0.167. The summed E-state index contributed by atoms with van der Waals surface area (Å²) in [6.07, 6.45) is 5.80. The van der Waals surface area contributed by atoms with E-state index in [0.717, 1.165) is 0 Å². The molecule has 0 atom stereocenters. The fourth-order valence-corrected chi connectivity index (χ4v) is 1.67. The van der Waals surface area contributed by atoms with Crippen molar-refractivity contribution >= 4 is 29.2 Å². The number of hydrogen-bond donors (Lipinski definition) is 1. The van der Waals surface area contributed by atoms with Crippen LogP contribution >= 0.6 is 11.6 Å². The number of ether oxygens (including phenoxy) is 1. The van der Waals surface area contributed by atoms with Gasteiger partial charge in [0.05, 0.1) is 29.6 Å². The lowest BCUT2D eigenvalue weighted by molar-refractivity contribution is -0.141. The van der Waals surface area contributed by atoms with Gasteiger partial charge in [-0.2, -0.15) is 5.10 Å². The zero-order chi connectivity index (χ0) is 14.5. The number of nitrogens with one attached hydrogen (secondary N) is 1. The Bertz CT molecular complexity index is 641. The van der Waals surface area contributed by atoms with Crippen molar-refractivity contribution in [3.8, 4) is 0 Å². The van der Waals surface area contributed by atoms with Crippen LogP contribution in [0.25, 0.3) is 0 Å². The number of carbonyl (C=O) groups is 2. The summed E-state index contributed by atoms with van der Waals surface area (Å²) < 4.78 is 5.87. The van der Waals surface area contributed by atoms with E-state index in [1.54, 1.807) is 0 Å². The first kappa shape index (κ1) is 14.0. The summed E-state index contributed by atoms with van der Waals surface area (Å²) in [5.74, 6) is -0.807. The molecular formula is C12H11ClN4O3. The van der Waals surface area contributed by atoms with Gasteiger partial charge in [0.25, 0.3) is 5.91 Å². The maximum atomic E-state index is 12.0. The fourth-order valence-electron chi connectivity index (χ4n) is 1.47. The highest BCUT2D eigenvalue weighted by Gasteiger charge is 2.11. The molecule has 0 saturated heterocycles. The maximum absolute atomic E-state index is 12.0. The number of methoxy groups -OCH3 is 1. The molecule has 0 saturated carbocycles. The van der Waals surface area contributed by atoms with Crippen LogP contribution in [0.3, 0.4) is 0 Å². The second-order valence-electron chi connectivity index (χ2n) is 3.81. The zero-order valence-electron chi connectivity index (χ0n) is 10.5. The number of pyridine rings is 1. The Hall–Kier alpha value is -2.41. The van der Waals surface area contributed by atoms with E-state index >= 15 is 0 Å². The molecule has 0 aromatic carbocycles. The summed E-state index contributed by atoms with van der Waals surface area (Å²) in [5, 5.41) is 6.81. The van der Waals surface area contributed by atoms with E-state index in [1.165, 1.54) is 42.6 Å². The number of amides is 1. The molecular weight excluding hydrogens is 284 g/mol. The van der Waals surface area contributed by atoms with Gasteiger partial charge >= 0.3 is 5.97 Å². The van der Waals surface area contributed by atoms with E-state index in [-0.39, 0.29) is 17.5 Å². The summed E-state index contributed by atoms with van der Waals surface area (Å²) >= 11 is 5.87. The number of halogens is 1. The standard InChI is InChI=1S/C12H11ClN4O3/c1-20-11(18)7-17-6-8(4-15-17)16-12(19)9-2-3-14-5-10(9)13/h2-6H,7H2,1H3,(H,16,19). The Labute approximate surface area is 119 Å². The van der Waals surface area contributed by atoms with Gasteiger partial charge in [0, 0.05) is 18.6 Å². The first-order valence-corrected chi connectivity index (χ1v) is 5.98. The normalized spacial score (nSPS) is 10.1. The molecule has 0 fully saturated rings. The van der Waals surface area contributed by atoms with Crippen LogP contribution < -0.4 is 5.32 Å². The van der Waals surface area contributed by atoms with Gasteiger partial charge in [0.1, 0.15) is 6.54 Å². The average molecular weight is 295 g/mol. The maximum Gasteiger partial charge on any atom is 0.327 e. The molecule has 2 aromatic heterocycles. The summed E-state index contributed by atoms with van der Waals surface area (Å²) in [6, 6.07) is 1.51. The van der Waals surface area contributed by atoms with E-state index in [2.05, 4.69) is 20.1 Å². The van der Waals surface area contributed by atoms with Crippen LogP contribution in [0.1, 0.15) is 10.4 Å². The molecule has 0 aliphatic rings. The Morgan fingerprint density at radius 1 is 1.45 bits per heavy atom. The Morgan fingerprint density at radius 3 is 2.95 bits per heavy atom. The average Bonchev–Trinajstić information content (AvgIpc) is 2.86. The monoisotopic (exact) mass is 294 g/mol. The Kier molecular flexibility index (Phi) is 4.31. The molecule has 0 radical (unpaired) electrons. The number of rotatable bonds is 4. The Morgan fingerprint density at radius 2 is 2.25 bits per heavy atom. The van der Waals surface area contributed by atoms with E-state index < -0.39 is 5.97 Å². The van der Waals surface area contributed by atoms with Gasteiger partial charge in [-0.05, 0) is 6.07 Å². The van der Waals surface area contributed by atoms with Crippen LogP contribution in [0.5, 0.6) is 0 Å². The van der Waals surface area contributed by atoms with Gasteiger partial charge < -0.3 is 10.1 Å². The molecule has 7 nitrogen and oxygen atoms in total. The van der Waals surface area contributed by atoms with Crippen LogP contribution in [0.4, 0.5) is 5.69 Å². The van der Waals surface area contributed by atoms with Crippen LogP contribution in [-0.2, 0) is 16.1 Å². The minimum atomic E-state index is -0.428. The van der Waals surface area contributed by atoms with E-state index in [0.29, 0.717) is 11.3 Å².